The zero-order valence-corrected chi connectivity index (χ0v) is 8.87. The van der Waals surface area contributed by atoms with Crippen LogP contribution < -0.4 is 0 Å². The number of hydrogen-bond acceptors (Lipinski definition) is 2. The summed E-state index contributed by atoms with van der Waals surface area (Å²) in [5.41, 5.74) is 0. The summed E-state index contributed by atoms with van der Waals surface area (Å²) in [5.74, 6) is 0.115. The van der Waals surface area contributed by atoms with Crippen LogP contribution >= 0.6 is 0 Å². The normalized spacial score (nSPS) is 17.8. The standard InChI is InChI=1S/C11H19NO2/c1-2-11(14)12(8-9-13)10-6-4-3-5-7-10/h9-10H,2-8H2,1H3. The van der Waals surface area contributed by atoms with Gasteiger partial charge in [0.15, 0.2) is 0 Å². The quantitative estimate of drug-likeness (QED) is 0.644. The van der Waals surface area contributed by atoms with Crippen LogP contribution in [0.25, 0.3) is 0 Å². The lowest BCUT2D eigenvalue weighted by molar-refractivity contribution is -0.135. The van der Waals surface area contributed by atoms with E-state index in [0.29, 0.717) is 12.5 Å². The molecule has 14 heavy (non-hydrogen) atoms. The van der Waals surface area contributed by atoms with Crippen LogP contribution in [0.2, 0.25) is 0 Å². The molecule has 1 aliphatic carbocycles. The molecule has 0 spiro atoms. The van der Waals surface area contributed by atoms with Crippen LogP contribution in [0.5, 0.6) is 0 Å². The highest BCUT2D eigenvalue weighted by Crippen LogP contribution is 2.22. The molecule has 0 atom stereocenters. The molecule has 1 amide bonds. The largest absolute Gasteiger partial charge is 0.333 e. The highest BCUT2D eigenvalue weighted by atomic mass is 16.2. The average Bonchev–Trinajstić information content (AvgIpc) is 2.26. The molecule has 1 saturated carbocycles. The molecule has 80 valence electrons. The van der Waals surface area contributed by atoms with Crippen LogP contribution in [0.4, 0.5) is 0 Å². The van der Waals surface area contributed by atoms with E-state index in [2.05, 4.69) is 0 Å². The predicted octanol–water partition coefficient (Wildman–Crippen LogP) is 1.76. The second-order valence-electron chi connectivity index (χ2n) is 3.86. The number of hydrogen-bond donors (Lipinski definition) is 0. The first-order valence-electron chi connectivity index (χ1n) is 5.52. The van der Waals surface area contributed by atoms with Crippen LogP contribution in [-0.4, -0.2) is 29.7 Å². The molecule has 3 heteroatoms. The van der Waals surface area contributed by atoms with Crippen molar-refractivity contribution in [1.82, 2.24) is 4.90 Å². The van der Waals surface area contributed by atoms with E-state index in [1.54, 1.807) is 4.90 Å². The maximum atomic E-state index is 11.6. The number of amides is 1. The molecule has 0 aromatic carbocycles. The zero-order chi connectivity index (χ0) is 10.4. The SMILES string of the molecule is CCC(=O)N(CC=O)C1CCCCC1. The Balaban J connectivity index is 2.55. The van der Waals surface area contributed by atoms with Gasteiger partial charge < -0.3 is 9.69 Å². The van der Waals surface area contributed by atoms with E-state index in [1.807, 2.05) is 6.92 Å². The second kappa shape index (κ2) is 5.78. The van der Waals surface area contributed by atoms with Crippen LogP contribution in [0, 0.1) is 0 Å². The Kier molecular flexibility index (Phi) is 4.63. The van der Waals surface area contributed by atoms with E-state index >= 15 is 0 Å². The molecule has 0 radical (unpaired) electrons. The van der Waals surface area contributed by atoms with Gasteiger partial charge in [-0.05, 0) is 12.8 Å². The van der Waals surface area contributed by atoms with Gasteiger partial charge in [-0.25, -0.2) is 0 Å². The molecule has 0 aromatic heterocycles. The van der Waals surface area contributed by atoms with E-state index in [1.165, 1.54) is 19.3 Å². The van der Waals surface area contributed by atoms with Gasteiger partial charge in [0.05, 0.1) is 6.54 Å². The number of carbonyl (C=O) groups is 2. The summed E-state index contributed by atoms with van der Waals surface area (Å²) in [6, 6.07) is 0.321. The van der Waals surface area contributed by atoms with Gasteiger partial charge in [-0.3, -0.25) is 4.79 Å². The third-order valence-corrected chi connectivity index (χ3v) is 2.91. The van der Waals surface area contributed by atoms with Gasteiger partial charge >= 0.3 is 0 Å². The summed E-state index contributed by atoms with van der Waals surface area (Å²) in [4.78, 5) is 23.8. The highest BCUT2D eigenvalue weighted by molar-refractivity contribution is 5.78. The Morgan fingerprint density at radius 2 is 2.00 bits per heavy atom. The summed E-state index contributed by atoms with van der Waals surface area (Å²) < 4.78 is 0. The molecule has 1 aliphatic rings. The first-order chi connectivity index (χ1) is 6.79. The van der Waals surface area contributed by atoms with Gasteiger partial charge in [0, 0.05) is 12.5 Å². The molecule has 1 rings (SSSR count). The van der Waals surface area contributed by atoms with Gasteiger partial charge in [0.1, 0.15) is 6.29 Å². The van der Waals surface area contributed by atoms with Gasteiger partial charge in [-0.1, -0.05) is 26.2 Å². The van der Waals surface area contributed by atoms with Crippen molar-refractivity contribution >= 4 is 12.2 Å². The van der Waals surface area contributed by atoms with E-state index < -0.39 is 0 Å². The Morgan fingerprint density at radius 3 is 2.50 bits per heavy atom. The van der Waals surface area contributed by atoms with Crippen molar-refractivity contribution < 1.29 is 9.59 Å². The molecule has 0 unspecified atom stereocenters. The van der Waals surface area contributed by atoms with E-state index in [-0.39, 0.29) is 12.5 Å². The fourth-order valence-electron chi connectivity index (χ4n) is 2.13. The second-order valence-corrected chi connectivity index (χ2v) is 3.86. The number of rotatable bonds is 4. The maximum absolute atomic E-state index is 11.6. The van der Waals surface area contributed by atoms with Crippen LogP contribution in [0.3, 0.4) is 0 Å². The maximum Gasteiger partial charge on any atom is 0.222 e. The van der Waals surface area contributed by atoms with E-state index in [9.17, 15) is 9.59 Å². The van der Waals surface area contributed by atoms with Crippen molar-refractivity contribution in [1.29, 1.82) is 0 Å². The zero-order valence-electron chi connectivity index (χ0n) is 8.87. The summed E-state index contributed by atoms with van der Waals surface area (Å²) in [6.45, 7) is 2.13. The van der Waals surface area contributed by atoms with E-state index in [0.717, 1.165) is 19.1 Å². The summed E-state index contributed by atoms with van der Waals surface area (Å²) >= 11 is 0. The minimum absolute atomic E-state index is 0.115. The average molecular weight is 197 g/mol. The Hall–Kier alpha value is -0.860. The number of nitrogens with zero attached hydrogens (tertiary/aromatic N) is 1. The first kappa shape index (κ1) is 11.2. The summed E-state index contributed by atoms with van der Waals surface area (Å²) in [7, 11) is 0. The van der Waals surface area contributed by atoms with E-state index in [4.69, 9.17) is 0 Å². The van der Waals surface area contributed by atoms with Crippen molar-refractivity contribution in [3.05, 3.63) is 0 Å². The molecule has 3 nitrogen and oxygen atoms in total. The number of aldehydes is 1. The molecule has 0 aliphatic heterocycles. The molecule has 0 aromatic rings. The lowest BCUT2D eigenvalue weighted by Crippen LogP contribution is -2.42. The van der Waals surface area contributed by atoms with Gasteiger partial charge in [-0.2, -0.15) is 0 Å². The summed E-state index contributed by atoms with van der Waals surface area (Å²) in [6.07, 6.45) is 7.13. The van der Waals surface area contributed by atoms with Crippen LogP contribution in [0.1, 0.15) is 45.4 Å². The van der Waals surface area contributed by atoms with Crippen molar-refractivity contribution in [2.24, 2.45) is 0 Å². The van der Waals surface area contributed by atoms with Crippen molar-refractivity contribution in [2.45, 2.75) is 51.5 Å². The third kappa shape index (κ3) is 2.82. The minimum atomic E-state index is 0.115. The minimum Gasteiger partial charge on any atom is -0.333 e. The third-order valence-electron chi connectivity index (χ3n) is 2.91. The Labute approximate surface area is 85.5 Å². The topological polar surface area (TPSA) is 37.4 Å². The molecule has 0 bridgehead atoms. The van der Waals surface area contributed by atoms with Gasteiger partial charge in [0.2, 0.25) is 5.91 Å². The molecule has 0 saturated heterocycles. The summed E-state index contributed by atoms with van der Waals surface area (Å²) in [5, 5.41) is 0. The fraction of sp³-hybridized carbons (Fsp3) is 0.818. The molecule has 0 N–H and O–H groups in total. The Bertz CT molecular complexity index is 197. The van der Waals surface area contributed by atoms with Gasteiger partial charge in [0.25, 0.3) is 0 Å². The van der Waals surface area contributed by atoms with Gasteiger partial charge in [-0.15, -0.1) is 0 Å². The highest BCUT2D eigenvalue weighted by Gasteiger charge is 2.23. The van der Waals surface area contributed by atoms with Crippen molar-refractivity contribution in [3.63, 3.8) is 0 Å². The monoisotopic (exact) mass is 197 g/mol. The number of carbonyl (C=O) groups excluding carboxylic acids is 2. The molecule has 1 fully saturated rings. The molecule has 0 heterocycles. The van der Waals surface area contributed by atoms with Crippen molar-refractivity contribution in [2.75, 3.05) is 6.54 Å². The van der Waals surface area contributed by atoms with Crippen molar-refractivity contribution in [3.8, 4) is 0 Å². The predicted molar refractivity (Wildman–Crippen MR) is 54.9 cm³/mol. The first-order valence-corrected chi connectivity index (χ1v) is 5.52. The van der Waals surface area contributed by atoms with Crippen LogP contribution in [-0.2, 0) is 9.59 Å². The van der Waals surface area contributed by atoms with Crippen LogP contribution in [0.15, 0.2) is 0 Å². The Morgan fingerprint density at radius 1 is 1.36 bits per heavy atom. The molecular formula is C11H19NO2. The smallest absolute Gasteiger partial charge is 0.222 e. The fourth-order valence-corrected chi connectivity index (χ4v) is 2.13. The lowest BCUT2D eigenvalue weighted by atomic mass is 9.94. The lowest BCUT2D eigenvalue weighted by Gasteiger charge is -2.32. The molecular weight excluding hydrogens is 178 g/mol.